The Balaban J connectivity index is 0.740. The van der Waals surface area contributed by atoms with Crippen molar-refractivity contribution in [2.45, 2.75) is 38.0 Å². The molecule has 2 aliphatic heterocycles. The molecule has 3 N–H and O–H groups in total. The maximum absolute atomic E-state index is 14.0. The topological polar surface area (TPSA) is 273 Å². The van der Waals surface area contributed by atoms with E-state index in [0.29, 0.717) is 135 Å². The average molecular weight is 1190 g/mol. The number of hydrogen-bond acceptors (Lipinski definition) is 22. The minimum atomic E-state index is -5.65. The fraction of sp³-hybridized carbons (Fsp3) is 0.604. The molecule has 82 heavy (non-hydrogen) atoms. The van der Waals surface area contributed by atoms with Crippen LogP contribution in [0.3, 0.4) is 0 Å². The van der Waals surface area contributed by atoms with Gasteiger partial charge in [0, 0.05) is 74.8 Å². The summed E-state index contributed by atoms with van der Waals surface area (Å²) >= 11 is 0. The van der Waals surface area contributed by atoms with Crippen LogP contribution in [0.5, 0.6) is 5.75 Å². The molecule has 0 spiro atoms. The highest BCUT2D eigenvalue weighted by Gasteiger charge is 2.34. The maximum Gasteiger partial charge on any atom is 0.313 e. The molecule has 5 rings (SSSR count). The van der Waals surface area contributed by atoms with Gasteiger partial charge < -0.3 is 62.7 Å². The van der Waals surface area contributed by atoms with Crippen molar-refractivity contribution in [3.8, 4) is 16.9 Å². The summed E-state index contributed by atoms with van der Waals surface area (Å²) in [6.07, 6.45) is 5.91. The number of hydrogen-bond donors (Lipinski definition) is 2. The van der Waals surface area contributed by atoms with Gasteiger partial charge >= 0.3 is 16.1 Å². The van der Waals surface area contributed by atoms with E-state index < -0.39 is 56.4 Å². The Morgan fingerprint density at radius 3 is 1.56 bits per heavy atom. The molecule has 0 aliphatic carbocycles. The van der Waals surface area contributed by atoms with Crippen molar-refractivity contribution in [3.05, 3.63) is 65.0 Å². The van der Waals surface area contributed by atoms with Gasteiger partial charge in [0.15, 0.2) is 16.5 Å². The number of fused-ring (bicyclic) bond motifs is 1. The molecule has 0 bridgehead atoms. The highest BCUT2D eigenvalue weighted by Crippen LogP contribution is 2.34. The van der Waals surface area contributed by atoms with Crippen LogP contribution in [0.1, 0.15) is 38.7 Å². The second kappa shape index (κ2) is 37.7. The standard InChI is InChI=1S/C53H75F4N7O17S/c1-3-8-64(80-4-2)52(66)41-34-40-6-5-39(35-43(40)61-44(58)36-41)42-37-59-53(60-38-42)63-11-9-62(10-12-63)13-15-71-17-19-73-21-23-75-25-27-77-29-31-79-33-32-78-30-28-76-26-24-74-22-20-72-18-16-70-14-7-45(65)81-50-46(54)48(56)51(82(67,68)69)49(57)47(50)55/h5-6,34-35,37-38H,3-4,7-33,36H2,1-2H3,(H2,58,61)(H,67,68,69). The number of anilines is 1. The van der Waals surface area contributed by atoms with Gasteiger partial charge in [-0.25, -0.2) is 28.8 Å². The Morgan fingerprint density at radius 1 is 0.646 bits per heavy atom. The lowest BCUT2D eigenvalue weighted by Gasteiger charge is -2.34. The van der Waals surface area contributed by atoms with Gasteiger partial charge in [0.2, 0.25) is 23.3 Å². The molecule has 0 radical (unpaired) electrons. The number of aromatic nitrogens is 2. The lowest BCUT2D eigenvalue weighted by Crippen LogP contribution is -2.47. The Kier molecular flexibility index (Phi) is 31.0. The number of halogens is 4. The summed E-state index contributed by atoms with van der Waals surface area (Å²) in [6, 6.07) is 5.85. The van der Waals surface area contributed by atoms with Gasteiger partial charge in [0.1, 0.15) is 5.84 Å². The summed E-state index contributed by atoms with van der Waals surface area (Å²) in [6.45, 7) is 15.7. The minimum absolute atomic E-state index is 0.0222. The summed E-state index contributed by atoms with van der Waals surface area (Å²) in [5.41, 5.74) is 10.0. The second-order valence-electron chi connectivity index (χ2n) is 17.9. The van der Waals surface area contributed by atoms with Crippen molar-refractivity contribution >= 4 is 45.5 Å². The molecule has 0 atom stereocenters. The highest BCUT2D eigenvalue weighted by atomic mass is 32.2. The van der Waals surface area contributed by atoms with Crippen LogP contribution in [0.2, 0.25) is 0 Å². The van der Waals surface area contributed by atoms with Gasteiger partial charge in [0.25, 0.3) is 5.91 Å². The van der Waals surface area contributed by atoms with Crippen LogP contribution in [-0.4, -0.2) is 229 Å². The Bertz CT molecular complexity index is 2550. The first-order valence-corrected chi connectivity index (χ1v) is 28.4. The molecule has 1 amide bonds. The zero-order valence-corrected chi connectivity index (χ0v) is 47.2. The first-order chi connectivity index (χ1) is 39.7. The normalized spacial score (nSPS) is 13.9. The number of ether oxygens (including phenoxy) is 11. The number of carbonyl (C=O) groups is 2. The quantitative estimate of drug-likeness (QED) is 0.0153. The number of amides is 1. The fourth-order valence-electron chi connectivity index (χ4n) is 7.76. The van der Waals surface area contributed by atoms with Crippen molar-refractivity contribution in [2.24, 2.45) is 10.7 Å². The third-order valence-electron chi connectivity index (χ3n) is 11.8. The average Bonchev–Trinajstić information content (AvgIpc) is 3.82. The lowest BCUT2D eigenvalue weighted by atomic mass is 10.0. The number of nitrogens with zero attached hydrogens (tertiary/aromatic N) is 6. The van der Waals surface area contributed by atoms with E-state index >= 15 is 0 Å². The molecule has 1 saturated heterocycles. The molecule has 0 saturated carbocycles. The zero-order chi connectivity index (χ0) is 59.0. The Labute approximate surface area is 474 Å². The maximum atomic E-state index is 14.0. The number of esters is 1. The summed E-state index contributed by atoms with van der Waals surface area (Å²) in [4.78, 5) is 47.0. The summed E-state index contributed by atoms with van der Waals surface area (Å²) in [5, 5.41) is 1.40. The SMILES string of the molecule is CCCN(OCC)C(=O)C1=Cc2ccc(-c3cnc(N4CCN(CCOCCOCCOCCOCCOCCOCCOCCOCCOCCOCCC(=O)Oc5c(F)c(F)c(S(=O)(=O)O)c(F)c5F)CC4)nc3)cc2N=C(N)C1. The first kappa shape index (κ1) is 67.4. The summed E-state index contributed by atoms with van der Waals surface area (Å²) in [7, 11) is -5.65. The lowest BCUT2D eigenvalue weighted by molar-refractivity contribution is -0.180. The fourth-order valence-corrected chi connectivity index (χ4v) is 8.39. The number of rotatable bonds is 42. The predicted octanol–water partition coefficient (Wildman–Crippen LogP) is 4.20. The van der Waals surface area contributed by atoms with E-state index in [2.05, 4.69) is 29.5 Å². The molecule has 3 heterocycles. The summed E-state index contributed by atoms with van der Waals surface area (Å²) in [5.74, 6) is -11.8. The van der Waals surface area contributed by atoms with Crippen LogP contribution in [0.15, 0.2) is 46.1 Å². The molecule has 29 heteroatoms. The van der Waals surface area contributed by atoms with E-state index in [1.54, 1.807) is 0 Å². The van der Waals surface area contributed by atoms with Gasteiger partial charge in [-0.3, -0.25) is 23.9 Å². The van der Waals surface area contributed by atoms with Crippen molar-refractivity contribution in [1.29, 1.82) is 0 Å². The predicted molar refractivity (Wildman–Crippen MR) is 288 cm³/mol. The van der Waals surface area contributed by atoms with Crippen molar-refractivity contribution in [1.82, 2.24) is 19.9 Å². The third-order valence-corrected chi connectivity index (χ3v) is 12.7. The van der Waals surface area contributed by atoms with Crippen molar-refractivity contribution < 1.29 is 97.1 Å². The molecule has 3 aromatic rings. The Hall–Kier alpha value is -5.38. The van der Waals surface area contributed by atoms with Gasteiger partial charge in [-0.1, -0.05) is 19.1 Å². The van der Waals surface area contributed by atoms with Crippen LogP contribution in [0.25, 0.3) is 17.2 Å². The molecule has 0 unspecified atom stereocenters. The molecule has 1 aromatic heterocycles. The van der Waals surface area contributed by atoms with Gasteiger partial charge in [-0.15, -0.1) is 0 Å². The molecular formula is C53H75F4N7O17S. The zero-order valence-electron chi connectivity index (χ0n) is 46.3. The number of piperazine rings is 1. The van der Waals surface area contributed by atoms with E-state index in [-0.39, 0.29) is 45.4 Å². The van der Waals surface area contributed by atoms with Crippen LogP contribution in [0.4, 0.5) is 29.2 Å². The van der Waals surface area contributed by atoms with Crippen LogP contribution < -0.4 is 15.4 Å². The number of benzene rings is 2. The number of aliphatic imine (C=N–C) groups is 1. The molecule has 1 fully saturated rings. The molecule has 2 aromatic carbocycles. The van der Waals surface area contributed by atoms with Crippen LogP contribution >= 0.6 is 0 Å². The van der Waals surface area contributed by atoms with Crippen LogP contribution in [-0.2, 0) is 71.9 Å². The van der Waals surface area contributed by atoms with Gasteiger partial charge in [0.05, 0.1) is 151 Å². The molecule has 24 nitrogen and oxygen atoms in total. The van der Waals surface area contributed by atoms with E-state index in [0.717, 1.165) is 55.8 Å². The van der Waals surface area contributed by atoms with Crippen molar-refractivity contribution in [3.63, 3.8) is 0 Å². The number of hydroxylamine groups is 2. The summed E-state index contributed by atoms with van der Waals surface area (Å²) < 4.78 is 146. The Morgan fingerprint density at radius 2 is 1.11 bits per heavy atom. The van der Waals surface area contributed by atoms with E-state index in [4.69, 9.17) is 62.5 Å². The number of nitrogens with two attached hydrogens (primary N) is 1. The molecule has 2 aliphatic rings. The molecular weight excluding hydrogens is 1110 g/mol. The highest BCUT2D eigenvalue weighted by molar-refractivity contribution is 7.85. The van der Waals surface area contributed by atoms with E-state index in [9.17, 15) is 35.6 Å². The van der Waals surface area contributed by atoms with E-state index in [1.807, 2.05) is 50.5 Å². The largest absolute Gasteiger partial charge is 0.420 e. The molecule has 458 valence electrons. The monoisotopic (exact) mass is 1190 g/mol. The van der Waals surface area contributed by atoms with Gasteiger partial charge in [-0.2, -0.15) is 17.2 Å². The van der Waals surface area contributed by atoms with E-state index in [1.165, 1.54) is 5.06 Å². The number of amidine groups is 1. The van der Waals surface area contributed by atoms with Crippen LogP contribution in [0, 0.1) is 23.3 Å². The van der Waals surface area contributed by atoms with Crippen molar-refractivity contribution in [2.75, 3.05) is 183 Å². The minimum Gasteiger partial charge on any atom is -0.420 e. The third kappa shape index (κ3) is 23.7. The van der Waals surface area contributed by atoms with Gasteiger partial charge in [-0.05, 0) is 31.1 Å². The smallest absolute Gasteiger partial charge is 0.313 e. The number of carbonyl (C=O) groups excluding carboxylic acids is 2. The first-order valence-electron chi connectivity index (χ1n) is 26.9. The second-order valence-corrected chi connectivity index (χ2v) is 19.2.